The smallest absolute Gasteiger partial charge is 0.225 e. The monoisotopic (exact) mass is 544 g/mol. The van der Waals surface area contributed by atoms with E-state index in [0.717, 1.165) is 68.6 Å². The van der Waals surface area contributed by atoms with Crippen molar-refractivity contribution in [1.82, 2.24) is 19.4 Å². The van der Waals surface area contributed by atoms with Gasteiger partial charge in [-0.15, -0.1) is 0 Å². The zero-order valence-electron chi connectivity index (χ0n) is 24.5. The quantitative estimate of drug-likeness (QED) is 0.305. The highest BCUT2D eigenvalue weighted by Gasteiger charge is 2.44. The molecule has 0 N–H and O–H groups in total. The molecular formula is C34H45FN4O. The highest BCUT2D eigenvalue weighted by atomic mass is 19.1. The fourth-order valence-electron chi connectivity index (χ4n) is 8.34. The normalized spacial score (nSPS) is 24.7. The Hall–Kier alpha value is -2.73. The van der Waals surface area contributed by atoms with Crippen LogP contribution in [0.25, 0.3) is 11.0 Å². The van der Waals surface area contributed by atoms with E-state index in [9.17, 15) is 9.18 Å². The summed E-state index contributed by atoms with van der Waals surface area (Å²) in [4.78, 5) is 22.9. The molecule has 3 fully saturated rings. The van der Waals surface area contributed by atoms with Gasteiger partial charge in [0, 0.05) is 37.1 Å². The maximum Gasteiger partial charge on any atom is 0.225 e. The minimum atomic E-state index is -0.156. The summed E-state index contributed by atoms with van der Waals surface area (Å²) in [5.41, 5.74) is 3.39. The van der Waals surface area contributed by atoms with Gasteiger partial charge >= 0.3 is 0 Å². The van der Waals surface area contributed by atoms with E-state index in [1.54, 1.807) is 12.1 Å². The molecule has 2 unspecified atom stereocenters. The van der Waals surface area contributed by atoms with Crippen molar-refractivity contribution >= 4 is 16.9 Å². The highest BCUT2D eigenvalue weighted by Crippen LogP contribution is 2.45. The summed E-state index contributed by atoms with van der Waals surface area (Å²) in [5, 5.41) is 0. The molecule has 2 bridgehead atoms. The van der Waals surface area contributed by atoms with E-state index < -0.39 is 0 Å². The maximum absolute atomic E-state index is 14.5. The van der Waals surface area contributed by atoms with Crippen molar-refractivity contribution in [3.63, 3.8) is 0 Å². The van der Waals surface area contributed by atoms with Gasteiger partial charge in [-0.1, -0.05) is 38.1 Å². The first-order valence-corrected chi connectivity index (χ1v) is 15.7. The fraction of sp³-hybridized carbons (Fsp3) is 0.588. The lowest BCUT2D eigenvalue weighted by atomic mass is 9.70. The van der Waals surface area contributed by atoms with Gasteiger partial charge in [0.05, 0.1) is 11.0 Å². The Morgan fingerprint density at radius 1 is 1.00 bits per heavy atom. The molecule has 0 radical (unpaired) electrons. The molecular weight excluding hydrogens is 499 g/mol. The van der Waals surface area contributed by atoms with Crippen LogP contribution in [-0.4, -0.2) is 57.0 Å². The molecule has 5 nitrogen and oxygen atoms in total. The molecule has 2 aromatic carbocycles. The van der Waals surface area contributed by atoms with Crippen molar-refractivity contribution < 1.29 is 9.18 Å². The zero-order chi connectivity index (χ0) is 27.9. The Morgan fingerprint density at radius 3 is 2.38 bits per heavy atom. The van der Waals surface area contributed by atoms with Crippen LogP contribution in [0.5, 0.6) is 0 Å². The molecule has 3 saturated heterocycles. The van der Waals surface area contributed by atoms with Crippen molar-refractivity contribution in [2.75, 3.05) is 19.6 Å². The number of hydrogen-bond acceptors (Lipinski definition) is 3. The molecule has 3 aromatic rings. The lowest BCUT2D eigenvalue weighted by Crippen LogP contribution is -2.50. The summed E-state index contributed by atoms with van der Waals surface area (Å²) >= 11 is 0. The molecule has 4 heterocycles. The van der Waals surface area contributed by atoms with Crippen LogP contribution in [0, 0.1) is 18.7 Å². The average Bonchev–Trinajstić information content (AvgIpc) is 3.43. The van der Waals surface area contributed by atoms with Crippen molar-refractivity contribution in [1.29, 1.82) is 0 Å². The van der Waals surface area contributed by atoms with E-state index in [-0.39, 0.29) is 17.2 Å². The number of piperidine rings is 2. The molecule has 0 aliphatic carbocycles. The van der Waals surface area contributed by atoms with Gasteiger partial charge in [-0.25, -0.2) is 9.37 Å². The Bertz CT molecular complexity index is 1320. The summed E-state index contributed by atoms with van der Waals surface area (Å²) < 4.78 is 17.0. The summed E-state index contributed by atoms with van der Waals surface area (Å²) in [7, 11) is 0. The summed E-state index contributed by atoms with van der Waals surface area (Å²) in [5.74, 6) is 1.39. The van der Waals surface area contributed by atoms with Gasteiger partial charge in [0.25, 0.3) is 0 Å². The van der Waals surface area contributed by atoms with Crippen LogP contribution in [0.2, 0.25) is 0 Å². The number of benzene rings is 2. The van der Waals surface area contributed by atoms with E-state index >= 15 is 0 Å². The van der Waals surface area contributed by atoms with Crippen molar-refractivity contribution in [2.45, 2.75) is 102 Å². The maximum atomic E-state index is 14.5. The van der Waals surface area contributed by atoms with Crippen molar-refractivity contribution in [3.05, 3.63) is 65.7 Å². The van der Waals surface area contributed by atoms with Gasteiger partial charge in [-0.05, 0) is 106 Å². The SMILES string of the molecule is CCC(CC)C(=O)N1CCC(CCN2C3CCC2CC(n2c(C)nc4ccccc42)C3)(c2cccc(F)c2)CC1. The first-order valence-electron chi connectivity index (χ1n) is 15.7. The predicted molar refractivity (Wildman–Crippen MR) is 159 cm³/mol. The molecule has 40 heavy (non-hydrogen) atoms. The number of carbonyl (C=O) groups excluding carboxylic acids is 1. The molecule has 3 aliphatic rings. The summed E-state index contributed by atoms with van der Waals surface area (Å²) in [6.45, 7) is 8.96. The molecule has 3 aliphatic heterocycles. The number of carbonyl (C=O) groups is 1. The van der Waals surface area contributed by atoms with Gasteiger partial charge in [-0.2, -0.15) is 0 Å². The third-order valence-corrected chi connectivity index (χ3v) is 10.6. The number of para-hydroxylation sites is 2. The van der Waals surface area contributed by atoms with E-state index in [0.29, 0.717) is 24.0 Å². The van der Waals surface area contributed by atoms with E-state index in [1.165, 1.54) is 31.2 Å². The third kappa shape index (κ3) is 4.97. The number of halogens is 1. The molecule has 1 amide bonds. The standard InChI is InChI=1S/C34H45FN4O/c1-4-25(5-2)33(40)37-18-15-34(16-19-37,26-9-8-10-27(35)21-26)17-20-38-28-13-14-29(38)23-30(22-28)39-24(3)36-31-11-6-7-12-32(31)39/h6-12,21,25,28-30H,4-5,13-20,22-23H2,1-3H3. The van der Waals surface area contributed by atoms with Crippen LogP contribution >= 0.6 is 0 Å². The molecule has 214 valence electrons. The van der Waals surface area contributed by atoms with Gasteiger partial charge < -0.3 is 9.47 Å². The Labute approximate surface area is 238 Å². The second-order valence-corrected chi connectivity index (χ2v) is 12.6. The number of nitrogens with zero attached hydrogens (tertiary/aromatic N) is 4. The minimum Gasteiger partial charge on any atom is -0.342 e. The van der Waals surface area contributed by atoms with Crippen LogP contribution < -0.4 is 0 Å². The Kier molecular flexibility index (Phi) is 7.73. The van der Waals surface area contributed by atoms with E-state index in [2.05, 4.69) is 65.5 Å². The van der Waals surface area contributed by atoms with Crippen molar-refractivity contribution in [3.8, 4) is 0 Å². The van der Waals surface area contributed by atoms with Crippen LogP contribution in [0.4, 0.5) is 4.39 Å². The average molecular weight is 545 g/mol. The van der Waals surface area contributed by atoms with E-state index in [1.807, 2.05) is 6.07 Å². The van der Waals surface area contributed by atoms with E-state index in [4.69, 9.17) is 4.98 Å². The largest absolute Gasteiger partial charge is 0.342 e. The fourth-order valence-corrected chi connectivity index (χ4v) is 8.34. The molecule has 2 atom stereocenters. The topological polar surface area (TPSA) is 41.4 Å². The summed E-state index contributed by atoms with van der Waals surface area (Å²) in [6, 6.07) is 17.5. The predicted octanol–water partition coefficient (Wildman–Crippen LogP) is 7.04. The first-order chi connectivity index (χ1) is 19.4. The highest BCUT2D eigenvalue weighted by molar-refractivity contribution is 5.79. The Morgan fingerprint density at radius 2 is 1.70 bits per heavy atom. The number of hydrogen-bond donors (Lipinski definition) is 0. The molecule has 6 heteroatoms. The summed E-state index contributed by atoms with van der Waals surface area (Å²) in [6.07, 6.45) is 9.50. The lowest BCUT2D eigenvalue weighted by Gasteiger charge is -2.46. The number of aryl methyl sites for hydroxylation is 1. The number of likely N-dealkylation sites (tertiary alicyclic amines) is 1. The molecule has 1 aromatic heterocycles. The number of fused-ring (bicyclic) bond motifs is 3. The number of aromatic nitrogens is 2. The number of rotatable bonds is 8. The first kappa shape index (κ1) is 27.4. The van der Waals surface area contributed by atoms with Crippen molar-refractivity contribution in [2.24, 2.45) is 5.92 Å². The van der Waals surface area contributed by atoms with Gasteiger partial charge in [-0.3, -0.25) is 9.69 Å². The second kappa shape index (κ2) is 11.3. The van der Waals surface area contributed by atoms with Crippen LogP contribution in [0.3, 0.4) is 0 Å². The third-order valence-electron chi connectivity index (χ3n) is 10.6. The Balaban J connectivity index is 1.18. The van der Waals surface area contributed by atoms with Gasteiger partial charge in [0.2, 0.25) is 5.91 Å². The molecule has 0 spiro atoms. The van der Waals surface area contributed by atoms with Crippen LogP contribution in [0.1, 0.15) is 89.1 Å². The minimum absolute atomic E-state index is 0.0831. The second-order valence-electron chi connectivity index (χ2n) is 12.6. The van der Waals surface area contributed by atoms with Crippen LogP contribution in [-0.2, 0) is 10.2 Å². The molecule has 6 rings (SSSR count). The van der Waals surface area contributed by atoms with Gasteiger partial charge in [0.1, 0.15) is 11.6 Å². The zero-order valence-corrected chi connectivity index (χ0v) is 24.5. The van der Waals surface area contributed by atoms with Crippen LogP contribution in [0.15, 0.2) is 48.5 Å². The number of amides is 1. The van der Waals surface area contributed by atoms with Gasteiger partial charge in [0.15, 0.2) is 0 Å². The number of imidazole rings is 1. The molecule has 0 saturated carbocycles. The lowest BCUT2D eigenvalue weighted by molar-refractivity contribution is -0.137.